The van der Waals surface area contributed by atoms with Crippen LogP contribution in [0.25, 0.3) is 0 Å². The lowest BCUT2D eigenvalue weighted by molar-refractivity contribution is -0.137. The van der Waals surface area contributed by atoms with Gasteiger partial charge in [0.25, 0.3) is 0 Å². The van der Waals surface area contributed by atoms with Gasteiger partial charge in [-0.1, -0.05) is 0 Å². The molecule has 2 N–H and O–H groups in total. The van der Waals surface area contributed by atoms with Crippen molar-refractivity contribution in [2.45, 2.75) is 19.0 Å². The van der Waals surface area contributed by atoms with Crippen LogP contribution in [-0.4, -0.2) is 50.2 Å². The number of alkyl halides is 3. The third-order valence-corrected chi connectivity index (χ3v) is 6.14. The predicted molar refractivity (Wildman–Crippen MR) is 119 cm³/mol. The van der Waals surface area contributed by atoms with E-state index in [-0.39, 0.29) is 11.8 Å². The molecule has 0 unspecified atom stereocenters. The van der Waals surface area contributed by atoms with Crippen molar-refractivity contribution in [2.75, 3.05) is 54.4 Å². The largest absolute Gasteiger partial charge is 0.417 e. The number of piperazine rings is 1. The highest BCUT2D eigenvalue weighted by molar-refractivity contribution is 5.92. The van der Waals surface area contributed by atoms with Gasteiger partial charge in [0, 0.05) is 50.9 Å². The molecule has 174 valence electrons. The molecule has 0 spiro atoms. The molecule has 2 aromatic rings. The van der Waals surface area contributed by atoms with Gasteiger partial charge in [-0.15, -0.1) is 0 Å². The molecule has 33 heavy (non-hydrogen) atoms. The molecule has 2 saturated heterocycles. The molecule has 2 aliphatic heterocycles. The number of nitrogens with zero attached hydrogens (tertiary/aromatic N) is 4. The Labute approximate surface area is 190 Å². The maximum atomic E-state index is 13.3. The number of halogens is 3. The van der Waals surface area contributed by atoms with Crippen LogP contribution < -0.4 is 20.4 Å². The van der Waals surface area contributed by atoms with E-state index in [9.17, 15) is 18.0 Å². The number of aromatic nitrogens is 1. The van der Waals surface area contributed by atoms with Crippen LogP contribution in [0.15, 0.2) is 36.5 Å². The molecule has 1 aromatic heterocycles. The number of amides is 1. The smallest absolute Gasteiger partial charge is 0.371 e. The first-order valence-corrected chi connectivity index (χ1v) is 10.9. The normalized spacial score (nSPS) is 17.5. The fraction of sp³-hybridized carbons (Fsp3) is 0.435. The molecule has 2 fully saturated rings. The molecule has 0 saturated carbocycles. The van der Waals surface area contributed by atoms with Gasteiger partial charge < -0.3 is 20.4 Å². The number of nitriles is 1. The van der Waals surface area contributed by atoms with E-state index in [0.29, 0.717) is 37.4 Å². The number of hydrogen-bond donors (Lipinski definition) is 2. The molecular formula is C23H25F3N6O. The van der Waals surface area contributed by atoms with Gasteiger partial charge in [0.2, 0.25) is 5.91 Å². The summed E-state index contributed by atoms with van der Waals surface area (Å²) in [5.41, 5.74) is 0.0995. The second-order valence-corrected chi connectivity index (χ2v) is 8.23. The van der Waals surface area contributed by atoms with Crippen molar-refractivity contribution in [3.05, 3.63) is 47.7 Å². The van der Waals surface area contributed by atoms with Crippen LogP contribution in [-0.2, 0) is 11.0 Å². The summed E-state index contributed by atoms with van der Waals surface area (Å²) < 4.78 is 39.8. The maximum absolute atomic E-state index is 13.3. The highest BCUT2D eigenvalue weighted by atomic mass is 19.4. The van der Waals surface area contributed by atoms with Crippen LogP contribution in [0.2, 0.25) is 0 Å². The van der Waals surface area contributed by atoms with Crippen LogP contribution in [0.3, 0.4) is 0 Å². The zero-order valence-corrected chi connectivity index (χ0v) is 18.0. The molecule has 4 rings (SSSR count). The van der Waals surface area contributed by atoms with E-state index < -0.39 is 17.3 Å². The predicted octanol–water partition coefficient (Wildman–Crippen LogP) is 3.24. The first-order chi connectivity index (χ1) is 15.8. The minimum atomic E-state index is -4.59. The number of piperidine rings is 1. The summed E-state index contributed by atoms with van der Waals surface area (Å²) in [4.78, 5) is 21.1. The average molecular weight is 458 g/mol. The van der Waals surface area contributed by atoms with Crippen molar-refractivity contribution in [3.63, 3.8) is 0 Å². The fourth-order valence-electron chi connectivity index (χ4n) is 4.26. The highest BCUT2D eigenvalue weighted by Gasteiger charge is 2.35. The summed E-state index contributed by atoms with van der Waals surface area (Å²) in [7, 11) is 0. The summed E-state index contributed by atoms with van der Waals surface area (Å²) >= 11 is 0. The number of benzene rings is 1. The van der Waals surface area contributed by atoms with E-state index in [4.69, 9.17) is 5.26 Å². The van der Waals surface area contributed by atoms with Gasteiger partial charge in [0.1, 0.15) is 5.82 Å². The molecule has 0 atom stereocenters. The van der Waals surface area contributed by atoms with E-state index >= 15 is 0 Å². The lowest BCUT2D eigenvalue weighted by Crippen LogP contribution is -2.43. The molecule has 2 aliphatic rings. The SMILES string of the molecule is N#Cc1ccc(N2CCC(C(=O)Nc3ccc(N4CCNCC4)cn3)CC2)cc1C(F)(F)F. The number of anilines is 3. The lowest BCUT2D eigenvalue weighted by Gasteiger charge is -2.33. The minimum Gasteiger partial charge on any atom is -0.371 e. The Bertz CT molecular complexity index is 1020. The van der Waals surface area contributed by atoms with Gasteiger partial charge in [-0.2, -0.15) is 18.4 Å². The van der Waals surface area contributed by atoms with Crippen molar-refractivity contribution in [1.29, 1.82) is 5.26 Å². The third kappa shape index (κ3) is 5.37. The van der Waals surface area contributed by atoms with E-state index in [1.807, 2.05) is 11.0 Å². The number of nitrogens with one attached hydrogen (secondary N) is 2. The molecule has 7 nitrogen and oxygen atoms in total. The summed E-state index contributed by atoms with van der Waals surface area (Å²) in [5, 5.41) is 15.1. The van der Waals surface area contributed by atoms with E-state index in [2.05, 4.69) is 20.5 Å². The van der Waals surface area contributed by atoms with Gasteiger partial charge in [-0.05, 0) is 43.2 Å². The number of rotatable bonds is 4. The molecule has 0 radical (unpaired) electrons. The summed E-state index contributed by atoms with van der Waals surface area (Å²) in [6.07, 6.45) is -1.79. The Morgan fingerprint density at radius 3 is 2.33 bits per heavy atom. The van der Waals surface area contributed by atoms with E-state index in [1.165, 1.54) is 12.1 Å². The Balaban J connectivity index is 1.33. The van der Waals surface area contributed by atoms with Gasteiger partial charge >= 0.3 is 6.18 Å². The third-order valence-electron chi connectivity index (χ3n) is 6.14. The van der Waals surface area contributed by atoms with Crippen LogP contribution >= 0.6 is 0 Å². The molecule has 0 aliphatic carbocycles. The molecule has 10 heteroatoms. The molecule has 0 bridgehead atoms. The Kier molecular flexibility index (Phi) is 6.70. The maximum Gasteiger partial charge on any atom is 0.417 e. The van der Waals surface area contributed by atoms with Gasteiger partial charge in [-0.3, -0.25) is 4.79 Å². The van der Waals surface area contributed by atoms with E-state index in [0.717, 1.165) is 37.9 Å². The molecule has 3 heterocycles. The Morgan fingerprint density at radius 1 is 1.06 bits per heavy atom. The monoisotopic (exact) mass is 458 g/mol. The average Bonchev–Trinajstić information content (AvgIpc) is 2.84. The van der Waals surface area contributed by atoms with Gasteiger partial charge in [-0.25, -0.2) is 4.98 Å². The van der Waals surface area contributed by atoms with Crippen LogP contribution in [0.1, 0.15) is 24.0 Å². The Morgan fingerprint density at radius 2 is 1.73 bits per heavy atom. The van der Waals surface area contributed by atoms with Crippen LogP contribution in [0.4, 0.5) is 30.4 Å². The summed E-state index contributed by atoms with van der Waals surface area (Å²) in [5.74, 6) is 0.118. The molecule has 1 amide bonds. The molecule has 1 aromatic carbocycles. The number of pyridine rings is 1. The summed E-state index contributed by atoms with van der Waals surface area (Å²) in [6, 6.07) is 9.08. The zero-order chi connectivity index (χ0) is 23.4. The second kappa shape index (κ2) is 9.67. The minimum absolute atomic E-state index is 0.132. The van der Waals surface area contributed by atoms with Crippen LogP contribution in [0.5, 0.6) is 0 Å². The first-order valence-electron chi connectivity index (χ1n) is 10.9. The quantitative estimate of drug-likeness (QED) is 0.732. The van der Waals surface area contributed by atoms with Crippen molar-refractivity contribution in [3.8, 4) is 6.07 Å². The molecular weight excluding hydrogens is 433 g/mol. The zero-order valence-electron chi connectivity index (χ0n) is 18.0. The topological polar surface area (TPSA) is 84.3 Å². The van der Waals surface area contributed by atoms with Crippen LogP contribution in [0, 0.1) is 17.2 Å². The standard InChI is InChI=1S/C23H25F3N6O/c24-23(25,26)20-13-18(2-1-17(20)14-27)31-9-5-16(6-10-31)22(33)30-21-4-3-19(15-29-21)32-11-7-28-8-12-32/h1-4,13,15-16,28H,5-12H2,(H,29,30,33). The lowest BCUT2D eigenvalue weighted by atomic mass is 9.95. The number of hydrogen-bond acceptors (Lipinski definition) is 6. The van der Waals surface area contributed by atoms with Gasteiger partial charge in [0.15, 0.2) is 0 Å². The number of carbonyl (C=O) groups is 1. The number of carbonyl (C=O) groups excluding carboxylic acids is 1. The fourth-order valence-corrected chi connectivity index (χ4v) is 4.26. The first kappa shape index (κ1) is 22.9. The highest BCUT2D eigenvalue weighted by Crippen LogP contribution is 2.35. The van der Waals surface area contributed by atoms with E-state index in [1.54, 1.807) is 18.3 Å². The van der Waals surface area contributed by atoms with Crippen molar-refractivity contribution in [2.24, 2.45) is 5.92 Å². The van der Waals surface area contributed by atoms with Crippen molar-refractivity contribution < 1.29 is 18.0 Å². The second-order valence-electron chi connectivity index (χ2n) is 8.23. The van der Waals surface area contributed by atoms with Gasteiger partial charge in [0.05, 0.1) is 29.1 Å². The Hall–Kier alpha value is -3.32. The van der Waals surface area contributed by atoms with Crippen molar-refractivity contribution >= 4 is 23.1 Å². The summed E-state index contributed by atoms with van der Waals surface area (Å²) in [6.45, 7) is 4.59. The van der Waals surface area contributed by atoms with Crippen molar-refractivity contribution in [1.82, 2.24) is 10.3 Å².